The van der Waals surface area contributed by atoms with Crippen molar-refractivity contribution in [3.05, 3.63) is 64.4 Å². The highest BCUT2D eigenvalue weighted by molar-refractivity contribution is 7.93. The maximum Gasteiger partial charge on any atom is 0.257 e. The second kappa shape index (κ2) is 8.17. The van der Waals surface area contributed by atoms with Crippen LogP contribution in [0.1, 0.15) is 16.8 Å². The summed E-state index contributed by atoms with van der Waals surface area (Å²) >= 11 is 12.4. The van der Waals surface area contributed by atoms with Crippen LogP contribution in [-0.2, 0) is 10.0 Å². The number of aromatic nitrogens is 2. The Bertz CT molecular complexity index is 1200. The molecule has 0 unspecified atom stereocenters. The monoisotopic (exact) mass is 465 g/mol. The van der Waals surface area contributed by atoms with Crippen LogP contribution < -0.4 is 14.9 Å². The van der Waals surface area contributed by atoms with E-state index in [4.69, 9.17) is 23.2 Å². The van der Waals surface area contributed by atoms with E-state index >= 15 is 0 Å². The smallest absolute Gasteiger partial charge is 0.257 e. The largest absolute Gasteiger partial charge is 0.353 e. The van der Waals surface area contributed by atoms with Crippen LogP contribution in [0.5, 0.6) is 0 Å². The summed E-state index contributed by atoms with van der Waals surface area (Å²) in [5.41, 5.74) is 2.42. The molecule has 0 saturated carbocycles. The Labute approximate surface area is 183 Å². The van der Waals surface area contributed by atoms with Crippen LogP contribution in [0.2, 0.25) is 10.0 Å². The lowest BCUT2D eigenvalue weighted by molar-refractivity contribution is 0.102. The number of rotatable bonds is 5. The number of carbonyl (C=O) groups excluding carboxylic acids is 1. The third-order valence-corrected chi connectivity index (χ3v) is 6.94. The van der Waals surface area contributed by atoms with E-state index in [0.717, 1.165) is 5.69 Å². The second-order valence-corrected chi connectivity index (χ2v) is 9.56. The predicted octanol–water partition coefficient (Wildman–Crippen LogP) is 4.25. The minimum absolute atomic E-state index is 0.0894. The number of benzene rings is 2. The van der Waals surface area contributed by atoms with Crippen LogP contribution in [-0.4, -0.2) is 36.8 Å². The average molecular weight is 466 g/mol. The number of halogens is 2. The number of hydrogen-bond acceptors (Lipinski definition) is 5. The van der Waals surface area contributed by atoms with Crippen molar-refractivity contribution in [2.45, 2.75) is 6.42 Å². The lowest BCUT2D eigenvalue weighted by Gasteiger charge is -2.18. The number of nitrogens with zero attached hydrogens (tertiary/aromatic N) is 2. The molecule has 0 bridgehead atoms. The zero-order valence-corrected chi connectivity index (χ0v) is 17.9. The van der Waals surface area contributed by atoms with Crippen LogP contribution in [0.25, 0.3) is 0 Å². The van der Waals surface area contributed by atoms with Gasteiger partial charge >= 0.3 is 0 Å². The predicted molar refractivity (Wildman–Crippen MR) is 118 cm³/mol. The second-order valence-electron chi connectivity index (χ2n) is 6.70. The molecule has 0 radical (unpaired) electrons. The van der Waals surface area contributed by atoms with Gasteiger partial charge in [-0.1, -0.05) is 23.2 Å². The van der Waals surface area contributed by atoms with Crippen molar-refractivity contribution in [1.29, 1.82) is 0 Å². The average Bonchev–Trinajstić information content (AvgIpc) is 3.30. The molecule has 8 nitrogen and oxygen atoms in total. The normalized spacial score (nSPS) is 15.2. The van der Waals surface area contributed by atoms with E-state index in [2.05, 4.69) is 20.8 Å². The Morgan fingerprint density at radius 2 is 1.90 bits per heavy atom. The first-order valence-electron chi connectivity index (χ1n) is 8.99. The summed E-state index contributed by atoms with van der Waals surface area (Å²) in [4.78, 5) is 12.9. The molecule has 0 aliphatic carbocycles. The number of carbonyl (C=O) groups is 1. The van der Waals surface area contributed by atoms with E-state index in [1.807, 2.05) is 0 Å². The van der Waals surface area contributed by atoms with E-state index < -0.39 is 15.9 Å². The lowest BCUT2D eigenvalue weighted by Crippen LogP contribution is -2.25. The highest BCUT2D eigenvalue weighted by Gasteiger charge is 2.29. The molecular weight excluding hydrogens is 449 g/mol. The molecule has 0 atom stereocenters. The van der Waals surface area contributed by atoms with Gasteiger partial charge in [-0.15, -0.1) is 0 Å². The van der Waals surface area contributed by atoms with Gasteiger partial charge < -0.3 is 10.6 Å². The molecule has 1 aromatic heterocycles. The molecule has 1 aliphatic heterocycles. The van der Waals surface area contributed by atoms with Gasteiger partial charge in [0.2, 0.25) is 10.0 Å². The fraction of sp³-hybridized carbons (Fsp3) is 0.158. The van der Waals surface area contributed by atoms with Gasteiger partial charge in [0.1, 0.15) is 0 Å². The molecule has 2 heterocycles. The van der Waals surface area contributed by atoms with Crippen LogP contribution in [0.4, 0.5) is 22.7 Å². The van der Waals surface area contributed by atoms with Crippen molar-refractivity contribution < 1.29 is 13.2 Å². The van der Waals surface area contributed by atoms with Gasteiger partial charge in [0.15, 0.2) is 0 Å². The molecule has 3 aromatic rings. The van der Waals surface area contributed by atoms with E-state index in [1.165, 1.54) is 16.4 Å². The number of anilines is 4. The lowest BCUT2D eigenvalue weighted by atomic mass is 10.1. The maximum absolute atomic E-state index is 12.9. The summed E-state index contributed by atoms with van der Waals surface area (Å²) < 4.78 is 25.7. The van der Waals surface area contributed by atoms with E-state index in [-0.39, 0.29) is 16.3 Å². The SMILES string of the molecule is O=C(Nc1cc(Cl)cc(Nc2cn[nH]c2)c1)c1cc(N2CCCS2(=O)=O)ccc1Cl. The summed E-state index contributed by atoms with van der Waals surface area (Å²) in [6, 6.07) is 9.60. The Kier molecular flexibility index (Phi) is 5.59. The van der Waals surface area contributed by atoms with Crippen LogP contribution in [0.15, 0.2) is 48.8 Å². The first-order valence-corrected chi connectivity index (χ1v) is 11.4. The van der Waals surface area contributed by atoms with Crippen LogP contribution in [0.3, 0.4) is 0 Å². The molecular formula is C19H17Cl2N5O3S. The molecule has 3 N–H and O–H groups in total. The van der Waals surface area contributed by atoms with Crippen molar-refractivity contribution in [3.63, 3.8) is 0 Å². The van der Waals surface area contributed by atoms with E-state index in [1.54, 1.807) is 36.7 Å². The number of aromatic amines is 1. The molecule has 156 valence electrons. The molecule has 1 fully saturated rings. The van der Waals surface area contributed by atoms with Crippen molar-refractivity contribution in [3.8, 4) is 0 Å². The van der Waals surface area contributed by atoms with Crippen LogP contribution in [0, 0.1) is 0 Å². The first-order chi connectivity index (χ1) is 14.3. The Hall–Kier alpha value is -2.75. The molecule has 1 saturated heterocycles. The van der Waals surface area contributed by atoms with Gasteiger partial charge in [-0.3, -0.25) is 14.2 Å². The molecule has 0 spiro atoms. The highest BCUT2D eigenvalue weighted by Crippen LogP contribution is 2.30. The summed E-state index contributed by atoms with van der Waals surface area (Å²) in [7, 11) is -3.37. The van der Waals surface area contributed by atoms with Gasteiger partial charge in [0, 0.05) is 29.1 Å². The molecule has 2 aromatic carbocycles. The molecule has 11 heteroatoms. The van der Waals surface area contributed by atoms with E-state index in [9.17, 15) is 13.2 Å². The third-order valence-electron chi connectivity index (χ3n) is 4.52. The van der Waals surface area contributed by atoms with Gasteiger partial charge in [0.25, 0.3) is 5.91 Å². The number of hydrogen-bond donors (Lipinski definition) is 3. The Morgan fingerprint density at radius 1 is 1.10 bits per heavy atom. The topological polar surface area (TPSA) is 107 Å². The molecule has 1 amide bonds. The van der Waals surface area contributed by atoms with Crippen molar-refractivity contribution in [1.82, 2.24) is 10.2 Å². The summed E-state index contributed by atoms with van der Waals surface area (Å²) in [5, 5.41) is 13.1. The quantitative estimate of drug-likeness (QED) is 0.521. The minimum atomic E-state index is -3.37. The molecule has 4 rings (SSSR count). The Morgan fingerprint density at radius 3 is 2.60 bits per heavy atom. The fourth-order valence-electron chi connectivity index (χ4n) is 3.19. The first kappa shape index (κ1) is 20.5. The van der Waals surface area contributed by atoms with Gasteiger partial charge in [-0.2, -0.15) is 5.10 Å². The van der Waals surface area contributed by atoms with Crippen molar-refractivity contribution in [2.75, 3.05) is 27.2 Å². The third kappa shape index (κ3) is 4.38. The van der Waals surface area contributed by atoms with Crippen molar-refractivity contribution in [2.24, 2.45) is 0 Å². The zero-order valence-electron chi connectivity index (χ0n) is 15.5. The summed E-state index contributed by atoms with van der Waals surface area (Å²) in [6.45, 7) is 0.377. The number of amides is 1. The maximum atomic E-state index is 12.9. The summed E-state index contributed by atoms with van der Waals surface area (Å²) in [6.07, 6.45) is 3.83. The number of sulfonamides is 1. The minimum Gasteiger partial charge on any atom is -0.353 e. The standard InChI is InChI=1S/C19H17Cl2N5O3S/c20-12-6-13(24-15-10-22-23-11-15)8-14(7-12)25-19(27)17-9-16(2-3-18(17)21)26-4-1-5-30(26,28)29/h2-3,6-11,24H,1,4-5H2,(H,22,23)(H,25,27). The fourth-order valence-corrected chi connectivity index (χ4v) is 5.19. The van der Waals surface area contributed by atoms with Gasteiger partial charge in [-0.05, 0) is 42.8 Å². The van der Waals surface area contributed by atoms with E-state index in [0.29, 0.717) is 35.1 Å². The molecule has 30 heavy (non-hydrogen) atoms. The Balaban J connectivity index is 1.58. The molecule has 1 aliphatic rings. The van der Waals surface area contributed by atoms with Gasteiger partial charge in [-0.25, -0.2) is 8.42 Å². The van der Waals surface area contributed by atoms with Crippen LogP contribution >= 0.6 is 23.2 Å². The summed E-state index contributed by atoms with van der Waals surface area (Å²) in [5.74, 6) is -0.387. The number of H-pyrrole nitrogens is 1. The highest BCUT2D eigenvalue weighted by atomic mass is 35.5. The number of nitrogens with one attached hydrogen (secondary N) is 3. The zero-order chi connectivity index (χ0) is 21.3. The van der Waals surface area contributed by atoms with Crippen molar-refractivity contribution >= 4 is 61.9 Å². The van der Waals surface area contributed by atoms with Gasteiger partial charge in [0.05, 0.1) is 33.9 Å².